The highest BCUT2D eigenvalue weighted by Gasteiger charge is 2.40. The number of benzene rings is 2. The number of halogens is 1. The van der Waals surface area contributed by atoms with Crippen LogP contribution in [0, 0.1) is 11.3 Å². The summed E-state index contributed by atoms with van der Waals surface area (Å²) in [7, 11) is 0. The fourth-order valence-corrected chi connectivity index (χ4v) is 5.51. The second kappa shape index (κ2) is 11.9. The molecule has 2 amide bonds. The number of para-hydroxylation sites is 1. The SMILES string of the molecule is CCCCOc1ccc(-c2nn(-c3ccccc3)cc2/C=C2/C(=O)N(C3CCCC3)C(=O)C(C#N)=C2C)cc1Cl. The maximum absolute atomic E-state index is 13.8. The molecule has 1 aliphatic heterocycles. The standard InChI is InChI=1S/C32H31ClN4O3/c1-3-4-16-40-29-15-14-22(18-28(29)33)30-23(20-36(35-30)24-10-6-5-7-11-24)17-26-21(2)27(19-34)32(39)37(31(26)38)25-12-8-9-13-25/h5-7,10-11,14-15,17-18,20,25H,3-4,8-9,12-13,16H2,1-2H3/b26-17+. The van der Waals surface area contributed by atoms with Crippen LogP contribution in [-0.4, -0.2) is 39.1 Å². The van der Waals surface area contributed by atoms with Crippen molar-refractivity contribution in [1.82, 2.24) is 14.7 Å². The number of ether oxygens (including phenoxy) is 1. The first kappa shape index (κ1) is 27.4. The third-order valence-corrected chi connectivity index (χ3v) is 7.78. The summed E-state index contributed by atoms with van der Waals surface area (Å²) in [6.45, 7) is 4.34. The molecule has 0 spiro atoms. The van der Waals surface area contributed by atoms with Crippen LogP contribution in [0.5, 0.6) is 5.75 Å². The lowest BCUT2D eigenvalue weighted by atomic mass is 9.92. The molecule has 7 nitrogen and oxygen atoms in total. The molecule has 1 aromatic heterocycles. The normalized spacial score (nSPS) is 17.1. The summed E-state index contributed by atoms with van der Waals surface area (Å²) in [5.41, 5.74) is 3.59. The van der Waals surface area contributed by atoms with Crippen molar-refractivity contribution in [3.63, 3.8) is 0 Å². The number of hydrogen-bond donors (Lipinski definition) is 0. The average Bonchev–Trinajstić information content (AvgIpc) is 3.64. The minimum atomic E-state index is -0.500. The number of nitrogens with zero attached hydrogens (tertiary/aromatic N) is 4. The second-order valence-corrected chi connectivity index (χ2v) is 10.6. The Bertz CT molecular complexity index is 1540. The highest BCUT2D eigenvalue weighted by molar-refractivity contribution is 6.32. The molecule has 0 atom stereocenters. The highest BCUT2D eigenvalue weighted by Crippen LogP contribution is 2.36. The van der Waals surface area contributed by atoms with Gasteiger partial charge in [-0.2, -0.15) is 10.4 Å². The number of carbonyl (C=O) groups is 2. The molecule has 1 fully saturated rings. The van der Waals surface area contributed by atoms with Crippen LogP contribution in [0.3, 0.4) is 0 Å². The largest absolute Gasteiger partial charge is 0.492 e. The van der Waals surface area contributed by atoms with Crippen molar-refractivity contribution in [2.45, 2.75) is 58.4 Å². The summed E-state index contributed by atoms with van der Waals surface area (Å²) >= 11 is 6.60. The van der Waals surface area contributed by atoms with Crippen LogP contribution in [0.1, 0.15) is 57.9 Å². The minimum Gasteiger partial charge on any atom is -0.492 e. The maximum atomic E-state index is 13.8. The molecule has 3 aromatic rings. The molecule has 0 unspecified atom stereocenters. The number of hydrogen-bond acceptors (Lipinski definition) is 5. The number of unbranched alkanes of at least 4 members (excludes halogenated alkanes) is 1. The summed E-state index contributed by atoms with van der Waals surface area (Å²) in [4.78, 5) is 28.2. The van der Waals surface area contributed by atoms with Crippen LogP contribution in [0.15, 0.2) is 71.4 Å². The van der Waals surface area contributed by atoms with E-state index in [9.17, 15) is 14.9 Å². The zero-order valence-electron chi connectivity index (χ0n) is 22.7. The number of nitriles is 1. The fourth-order valence-electron chi connectivity index (χ4n) is 5.27. The Kier molecular flexibility index (Phi) is 8.18. The molecule has 8 heteroatoms. The van der Waals surface area contributed by atoms with Gasteiger partial charge in [-0.05, 0) is 68.2 Å². The summed E-state index contributed by atoms with van der Waals surface area (Å²) in [5.74, 6) is -0.268. The third-order valence-electron chi connectivity index (χ3n) is 7.49. The van der Waals surface area contributed by atoms with E-state index < -0.39 is 5.91 Å². The van der Waals surface area contributed by atoms with Gasteiger partial charge in [0.2, 0.25) is 0 Å². The van der Waals surface area contributed by atoms with Crippen LogP contribution in [0.25, 0.3) is 23.0 Å². The third kappa shape index (κ3) is 5.32. The van der Waals surface area contributed by atoms with E-state index in [-0.39, 0.29) is 17.5 Å². The molecule has 0 N–H and O–H groups in total. The maximum Gasteiger partial charge on any atom is 0.271 e. The molecule has 1 aliphatic carbocycles. The van der Waals surface area contributed by atoms with Crippen LogP contribution in [0.4, 0.5) is 0 Å². The molecule has 2 aromatic carbocycles. The second-order valence-electron chi connectivity index (χ2n) is 10.1. The van der Waals surface area contributed by atoms with E-state index in [4.69, 9.17) is 21.4 Å². The van der Waals surface area contributed by atoms with Gasteiger partial charge in [-0.3, -0.25) is 14.5 Å². The first-order valence-corrected chi connectivity index (χ1v) is 14.1. The monoisotopic (exact) mass is 554 g/mol. The average molecular weight is 555 g/mol. The van der Waals surface area contributed by atoms with Crippen LogP contribution >= 0.6 is 11.6 Å². The Morgan fingerprint density at radius 2 is 1.88 bits per heavy atom. The van der Waals surface area contributed by atoms with E-state index in [2.05, 4.69) is 6.92 Å². The highest BCUT2D eigenvalue weighted by atomic mass is 35.5. The van der Waals surface area contributed by atoms with Crippen molar-refractivity contribution in [1.29, 1.82) is 5.26 Å². The van der Waals surface area contributed by atoms with Crippen molar-refractivity contribution >= 4 is 29.5 Å². The molecule has 1 saturated carbocycles. The number of aromatic nitrogens is 2. The number of amides is 2. The molecular formula is C32H31ClN4O3. The minimum absolute atomic E-state index is 0.00590. The predicted molar refractivity (Wildman–Crippen MR) is 155 cm³/mol. The van der Waals surface area contributed by atoms with Crippen molar-refractivity contribution in [3.05, 3.63) is 82.0 Å². The summed E-state index contributed by atoms with van der Waals surface area (Å²) in [6.07, 6.45) is 8.97. The Labute approximate surface area is 239 Å². The molecule has 5 rings (SSSR count). The van der Waals surface area contributed by atoms with Gasteiger partial charge in [0.25, 0.3) is 11.8 Å². The lowest BCUT2D eigenvalue weighted by molar-refractivity contribution is -0.143. The first-order valence-electron chi connectivity index (χ1n) is 13.7. The molecule has 2 heterocycles. The Morgan fingerprint density at radius 3 is 2.55 bits per heavy atom. The zero-order chi connectivity index (χ0) is 28.2. The van der Waals surface area contributed by atoms with Crippen LogP contribution in [0.2, 0.25) is 5.02 Å². The first-order chi connectivity index (χ1) is 19.4. The van der Waals surface area contributed by atoms with Crippen LogP contribution in [-0.2, 0) is 9.59 Å². The molecule has 204 valence electrons. The van der Waals surface area contributed by atoms with Crippen molar-refractivity contribution < 1.29 is 14.3 Å². The van der Waals surface area contributed by atoms with E-state index >= 15 is 0 Å². The van der Waals surface area contributed by atoms with Gasteiger partial charge in [0.15, 0.2) is 0 Å². The molecule has 2 aliphatic rings. The Balaban J connectivity index is 1.62. The fraction of sp³-hybridized carbons (Fsp3) is 0.312. The van der Waals surface area contributed by atoms with Gasteiger partial charge in [0.05, 0.1) is 17.3 Å². The summed E-state index contributed by atoms with van der Waals surface area (Å²) < 4.78 is 7.58. The zero-order valence-corrected chi connectivity index (χ0v) is 23.4. The molecule has 0 saturated heterocycles. The summed E-state index contributed by atoms with van der Waals surface area (Å²) in [6, 6.07) is 17.1. The van der Waals surface area contributed by atoms with E-state index in [1.54, 1.807) is 17.7 Å². The molecular weight excluding hydrogens is 524 g/mol. The molecule has 40 heavy (non-hydrogen) atoms. The van der Waals surface area contributed by atoms with E-state index in [1.807, 2.05) is 60.8 Å². The van der Waals surface area contributed by atoms with Gasteiger partial charge in [0.1, 0.15) is 23.1 Å². The van der Waals surface area contributed by atoms with Crippen molar-refractivity contribution in [3.8, 4) is 28.8 Å². The number of rotatable bonds is 8. The molecule has 0 radical (unpaired) electrons. The lowest BCUT2D eigenvalue weighted by Crippen LogP contribution is -2.47. The van der Waals surface area contributed by atoms with Gasteiger partial charge in [-0.25, -0.2) is 4.68 Å². The van der Waals surface area contributed by atoms with Gasteiger partial charge in [-0.15, -0.1) is 0 Å². The van der Waals surface area contributed by atoms with Gasteiger partial charge in [-0.1, -0.05) is 56.0 Å². The van der Waals surface area contributed by atoms with E-state index in [1.165, 1.54) is 4.90 Å². The smallest absolute Gasteiger partial charge is 0.271 e. The number of carbonyl (C=O) groups excluding carboxylic acids is 2. The van der Waals surface area contributed by atoms with Crippen molar-refractivity contribution in [2.75, 3.05) is 6.61 Å². The van der Waals surface area contributed by atoms with E-state index in [0.29, 0.717) is 39.8 Å². The van der Waals surface area contributed by atoms with Gasteiger partial charge in [0, 0.05) is 28.9 Å². The van der Waals surface area contributed by atoms with Crippen LogP contribution < -0.4 is 4.74 Å². The lowest BCUT2D eigenvalue weighted by Gasteiger charge is -2.32. The van der Waals surface area contributed by atoms with E-state index in [0.717, 1.165) is 49.8 Å². The van der Waals surface area contributed by atoms with Crippen molar-refractivity contribution in [2.24, 2.45) is 0 Å². The number of imide groups is 1. The Hall–Kier alpha value is -4.15. The Morgan fingerprint density at radius 1 is 1.12 bits per heavy atom. The quantitative estimate of drug-likeness (QED) is 0.171. The van der Waals surface area contributed by atoms with Gasteiger partial charge < -0.3 is 4.74 Å². The predicted octanol–water partition coefficient (Wildman–Crippen LogP) is 6.91. The molecule has 0 bridgehead atoms. The van der Waals surface area contributed by atoms with Gasteiger partial charge >= 0.3 is 0 Å². The topological polar surface area (TPSA) is 88.2 Å². The summed E-state index contributed by atoms with van der Waals surface area (Å²) in [5, 5.41) is 15.2.